The minimum Gasteiger partial charge on any atom is -0.405 e. The van der Waals surface area contributed by atoms with E-state index in [4.69, 9.17) is 17.3 Å². The van der Waals surface area contributed by atoms with Gasteiger partial charge in [-0.1, -0.05) is 0 Å². The van der Waals surface area contributed by atoms with Gasteiger partial charge in [0.2, 0.25) is 0 Å². The van der Waals surface area contributed by atoms with Crippen molar-refractivity contribution in [3.05, 3.63) is 12.3 Å². The zero-order valence-electron chi connectivity index (χ0n) is 6.12. The molecule has 11 heavy (non-hydrogen) atoms. The zero-order valence-corrected chi connectivity index (χ0v) is 6.88. The summed E-state index contributed by atoms with van der Waals surface area (Å²) in [5.41, 5.74) is 5.03. The van der Waals surface area contributed by atoms with Crippen LogP contribution >= 0.6 is 11.6 Å². The Balaban J connectivity index is 3.67. The number of carbonyl (C=O) groups is 1. The fraction of sp³-hybridized carbons (Fsp3) is 0.333. The first-order valence-corrected chi connectivity index (χ1v) is 3.40. The molecule has 5 heteroatoms. The number of halogens is 1. The fourth-order valence-corrected chi connectivity index (χ4v) is 0.588. The first-order valence-electron chi connectivity index (χ1n) is 3.03. The van der Waals surface area contributed by atoms with Gasteiger partial charge in [-0.2, -0.15) is 0 Å². The van der Waals surface area contributed by atoms with E-state index >= 15 is 0 Å². The maximum absolute atomic E-state index is 10.2. The molecular weight excluding hydrogens is 166 g/mol. The number of rotatable bonds is 3. The number of aliphatic imine (C=N–C) groups is 1. The molecule has 0 spiro atoms. The van der Waals surface area contributed by atoms with Gasteiger partial charge < -0.3 is 11.1 Å². The average molecular weight is 176 g/mol. The highest BCUT2D eigenvalue weighted by Crippen LogP contribution is 1.85. The number of nitrogens with two attached hydrogens (primary N) is 1. The molecule has 0 aliphatic rings. The molecule has 1 amide bonds. The largest absolute Gasteiger partial charge is 0.405 e. The second-order valence-corrected chi connectivity index (χ2v) is 2.12. The lowest BCUT2D eigenvalue weighted by molar-refractivity contribution is 0.257. The van der Waals surface area contributed by atoms with Crippen molar-refractivity contribution in [3.63, 3.8) is 0 Å². The first kappa shape index (κ1) is 9.97. The van der Waals surface area contributed by atoms with Crippen molar-refractivity contribution in [1.29, 1.82) is 0 Å². The number of hydrogen-bond donors (Lipinski definition) is 2. The molecule has 0 rings (SSSR count). The molecule has 0 bridgehead atoms. The van der Waals surface area contributed by atoms with E-state index in [0.717, 1.165) is 0 Å². The topological polar surface area (TPSA) is 67.5 Å². The number of nitrogens with zero attached hydrogens (tertiary/aromatic N) is 1. The molecule has 0 aromatic rings. The summed E-state index contributed by atoms with van der Waals surface area (Å²) < 4.78 is 0. The summed E-state index contributed by atoms with van der Waals surface area (Å²) in [4.78, 5) is 14.1. The molecule has 0 saturated heterocycles. The second kappa shape index (κ2) is 5.73. The number of carbonyl (C=O) groups excluding carboxylic acids is 1. The van der Waals surface area contributed by atoms with Gasteiger partial charge in [0, 0.05) is 6.21 Å². The molecule has 0 heterocycles. The summed E-state index contributed by atoms with van der Waals surface area (Å²) in [6.45, 7) is 1.70. The zero-order chi connectivity index (χ0) is 8.69. The van der Waals surface area contributed by atoms with Gasteiger partial charge in [0.25, 0.3) is 0 Å². The van der Waals surface area contributed by atoms with Crippen LogP contribution in [0, 0.1) is 0 Å². The van der Waals surface area contributed by atoms with Gasteiger partial charge in [0.15, 0.2) is 0 Å². The molecule has 0 aromatic carbocycles. The van der Waals surface area contributed by atoms with Crippen LogP contribution in [0.25, 0.3) is 0 Å². The van der Waals surface area contributed by atoms with Crippen LogP contribution in [0.5, 0.6) is 0 Å². The van der Waals surface area contributed by atoms with Gasteiger partial charge in [-0.15, -0.1) is 0 Å². The van der Waals surface area contributed by atoms with Crippen molar-refractivity contribution in [3.8, 4) is 0 Å². The van der Waals surface area contributed by atoms with Crippen LogP contribution in [0.15, 0.2) is 17.3 Å². The normalized spacial score (nSPS) is 14.0. The van der Waals surface area contributed by atoms with Crippen LogP contribution in [0.4, 0.5) is 4.79 Å². The lowest BCUT2D eigenvalue weighted by Crippen LogP contribution is -2.26. The Hall–Kier alpha value is -1.03. The van der Waals surface area contributed by atoms with Crippen molar-refractivity contribution < 1.29 is 4.79 Å². The summed E-state index contributed by atoms with van der Waals surface area (Å²) in [7, 11) is 0. The molecule has 0 aliphatic heterocycles. The summed E-state index contributed by atoms with van der Waals surface area (Å²) in [5.74, 6) is 0. The smallest absolute Gasteiger partial charge is 0.315 e. The van der Waals surface area contributed by atoms with E-state index in [-0.39, 0.29) is 6.17 Å². The maximum atomic E-state index is 10.2. The predicted molar refractivity (Wildman–Crippen MR) is 45.7 cm³/mol. The molecule has 3 N–H and O–H groups in total. The molecule has 1 atom stereocenters. The minimum absolute atomic E-state index is 0.323. The van der Waals surface area contributed by atoms with Gasteiger partial charge in [0.1, 0.15) is 6.17 Å². The van der Waals surface area contributed by atoms with E-state index in [0.29, 0.717) is 0 Å². The van der Waals surface area contributed by atoms with E-state index in [2.05, 4.69) is 10.3 Å². The van der Waals surface area contributed by atoms with E-state index in [1.54, 1.807) is 13.0 Å². The van der Waals surface area contributed by atoms with Gasteiger partial charge >= 0.3 is 5.37 Å². The minimum atomic E-state index is -0.619. The summed E-state index contributed by atoms with van der Waals surface area (Å²) in [6.07, 6.45) is 4.06. The lowest BCUT2D eigenvalue weighted by Gasteiger charge is -2.03. The Morgan fingerprint density at radius 3 is 2.91 bits per heavy atom. The van der Waals surface area contributed by atoms with Gasteiger partial charge in [-0.25, -0.2) is 0 Å². The average Bonchev–Trinajstić information content (AvgIpc) is 1.86. The molecule has 0 aromatic heterocycles. The number of nitrogens with one attached hydrogen (secondary N) is 1. The Bertz CT molecular complexity index is 179. The standard InChI is InChI=1S/C6H10ClN3O/c1-5(10-6(7)11)9-4-2-3-8/h2-5H,8H2,1H3,(H,10,11). The highest BCUT2D eigenvalue weighted by atomic mass is 35.5. The van der Waals surface area contributed by atoms with E-state index < -0.39 is 5.37 Å². The van der Waals surface area contributed by atoms with Crippen LogP contribution in [0.2, 0.25) is 0 Å². The maximum Gasteiger partial charge on any atom is 0.315 e. The number of amides is 1. The van der Waals surface area contributed by atoms with Crippen molar-refractivity contribution in [2.45, 2.75) is 13.1 Å². The molecule has 4 nitrogen and oxygen atoms in total. The Kier molecular flexibility index (Phi) is 5.20. The van der Waals surface area contributed by atoms with Gasteiger partial charge in [0.05, 0.1) is 0 Å². The Morgan fingerprint density at radius 2 is 2.45 bits per heavy atom. The van der Waals surface area contributed by atoms with Crippen LogP contribution in [0.3, 0.4) is 0 Å². The SMILES string of the molecule is CC(N=CC=CN)NC(=O)Cl. The molecule has 0 aliphatic carbocycles. The summed E-state index contributed by atoms with van der Waals surface area (Å²) >= 11 is 5.02. The van der Waals surface area contributed by atoms with Crippen molar-refractivity contribution >= 4 is 23.2 Å². The highest BCUT2D eigenvalue weighted by molar-refractivity contribution is 6.62. The first-order chi connectivity index (χ1) is 5.16. The van der Waals surface area contributed by atoms with Crippen LogP contribution < -0.4 is 11.1 Å². The quantitative estimate of drug-likeness (QED) is 0.379. The molecular formula is C6H10ClN3O. The highest BCUT2D eigenvalue weighted by Gasteiger charge is 1.98. The predicted octanol–water partition coefficient (Wildman–Crippen LogP) is 0.824. The van der Waals surface area contributed by atoms with Gasteiger partial charge in [-0.05, 0) is 30.8 Å². The molecule has 0 radical (unpaired) electrons. The molecule has 0 saturated carbocycles. The number of allylic oxidation sites excluding steroid dienone is 1. The molecule has 1 unspecified atom stereocenters. The monoisotopic (exact) mass is 175 g/mol. The Morgan fingerprint density at radius 1 is 1.82 bits per heavy atom. The summed E-state index contributed by atoms with van der Waals surface area (Å²) in [6, 6.07) is 0. The third-order valence-electron chi connectivity index (χ3n) is 0.829. The third-order valence-corrected chi connectivity index (χ3v) is 0.938. The Labute approximate surface area is 70.1 Å². The van der Waals surface area contributed by atoms with E-state index in [9.17, 15) is 4.79 Å². The fourth-order valence-electron chi connectivity index (χ4n) is 0.430. The lowest BCUT2D eigenvalue weighted by atomic mass is 10.5. The van der Waals surface area contributed by atoms with E-state index in [1.165, 1.54) is 12.4 Å². The number of hydrogen-bond acceptors (Lipinski definition) is 3. The second-order valence-electron chi connectivity index (χ2n) is 1.78. The van der Waals surface area contributed by atoms with Crippen molar-refractivity contribution in [2.75, 3.05) is 0 Å². The van der Waals surface area contributed by atoms with Crippen LogP contribution in [-0.4, -0.2) is 17.7 Å². The van der Waals surface area contributed by atoms with E-state index in [1.807, 2.05) is 0 Å². The van der Waals surface area contributed by atoms with Crippen LogP contribution in [0.1, 0.15) is 6.92 Å². The van der Waals surface area contributed by atoms with Crippen molar-refractivity contribution in [2.24, 2.45) is 10.7 Å². The molecule has 0 fully saturated rings. The molecule has 62 valence electrons. The summed E-state index contributed by atoms with van der Waals surface area (Å²) in [5, 5.41) is 1.74. The third kappa shape index (κ3) is 6.86. The van der Waals surface area contributed by atoms with Crippen molar-refractivity contribution in [1.82, 2.24) is 5.32 Å². The van der Waals surface area contributed by atoms with Gasteiger partial charge in [-0.3, -0.25) is 9.79 Å². The van der Waals surface area contributed by atoms with Crippen LogP contribution in [-0.2, 0) is 0 Å².